The average molecular weight is 255 g/mol. The lowest BCUT2D eigenvalue weighted by Gasteiger charge is -2.13. The third kappa shape index (κ3) is 3.82. The molecule has 1 aromatic rings. The second kappa shape index (κ2) is 7.45. The van der Waals surface area contributed by atoms with Gasteiger partial charge in [-0.05, 0) is 36.4 Å². The SMILES string of the molecule is CCCCCc1cc(OC)cc(OC)c1SN. The molecular formula is C13H21NO2S. The smallest absolute Gasteiger partial charge is 0.137 e. The molecule has 0 heterocycles. The minimum Gasteiger partial charge on any atom is -0.497 e. The van der Waals surface area contributed by atoms with Crippen molar-refractivity contribution in [2.24, 2.45) is 5.14 Å². The number of aryl methyl sites for hydroxylation is 1. The molecule has 0 aliphatic rings. The van der Waals surface area contributed by atoms with E-state index in [1.165, 1.54) is 36.8 Å². The zero-order chi connectivity index (χ0) is 12.7. The van der Waals surface area contributed by atoms with Crippen molar-refractivity contribution < 1.29 is 9.47 Å². The van der Waals surface area contributed by atoms with Gasteiger partial charge < -0.3 is 9.47 Å². The van der Waals surface area contributed by atoms with Crippen LogP contribution in [0.25, 0.3) is 0 Å². The summed E-state index contributed by atoms with van der Waals surface area (Å²) in [4.78, 5) is 1.02. The van der Waals surface area contributed by atoms with Gasteiger partial charge in [-0.15, -0.1) is 0 Å². The third-order valence-electron chi connectivity index (χ3n) is 2.73. The van der Waals surface area contributed by atoms with Crippen LogP contribution in [0.15, 0.2) is 17.0 Å². The summed E-state index contributed by atoms with van der Waals surface area (Å²) in [6, 6.07) is 3.92. The maximum Gasteiger partial charge on any atom is 0.137 e. The highest BCUT2D eigenvalue weighted by Gasteiger charge is 2.11. The lowest BCUT2D eigenvalue weighted by Crippen LogP contribution is -1.98. The molecule has 0 fully saturated rings. The highest BCUT2D eigenvalue weighted by atomic mass is 32.2. The quantitative estimate of drug-likeness (QED) is 0.599. The molecule has 1 aromatic carbocycles. The molecule has 0 bridgehead atoms. The lowest BCUT2D eigenvalue weighted by atomic mass is 10.1. The first-order valence-corrected chi connectivity index (χ1v) is 6.76. The Kier molecular flexibility index (Phi) is 6.22. The second-order valence-corrected chi connectivity index (χ2v) is 4.54. The van der Waals surface area contributed by atoms with Crippen LogP contribution in [0.2, 0.25) is 0 Å². The lowest BCUT2D eigenvalue weighted by molar-refractivity contribution is 0.386. The van der Waals surface area contributed by atoms with E-state index in [9.17, 15) is 0 Å². The molecule has 0 spiro atoms. The number of nitrogens with two attached hydrogens (primary N) is 1. The zero-order valence-corrected chi connectivity index (χ0v) is 11.6. The fourth-order valence-electron chi connectivity index (χ4n) is 1.79. The Morgan fingerprint density at radius 3 is 2.47 bits per heavy atom. The first-order chi connectivity index (χ1) is 8.26. The van der Waals surface area contributed by atoms with Gasteiger partial charge in [0.25, 0.3) is 0 Å². The zero-order valence-electron chi connectivity index (χ0n) is 10.8. The molecular weight excluding hydrogens is 234 g/mol. The Hall–Kier alpha value is -0.870. The second-order valence-electron chi connectivity index (χ2n) is 3.89. The maximum absolute atomic E-state index is 5.72. The molecule has 0 saturated carbocycles. The fourth-order valence-corrected chi connectivity index (χ4v) is 2.36. The number of unbranched alkanes of at least 4 members (excludes halogenated alkanes) is 2. The largest absolute Gasteiger partial charge is 0.497 e. The third-order valence-corrected chi connectivity index (χ3v) is 3.43. The molecule has 0 atom stereocenters. The van der Waals surface area contributed by atoms with E-state index in [0.29, 0.717) is 0 Å². The predicted octanol–water partition coefficient (Wildman–Crippen LogP) is 3.40. The monoisotopic (exact) mass is 255 g/mol. The van der Waals surface area contributed by atoms with E-state index in [1.54, 1.807) is 14.2 Å². The van der Waals surface area contributed by atoms with Crippen molar-refractivity contribution in [3.63, 3.8) is 0 Å². The minimum absolute atomic E-state index is 0.795. The van der Waals surface area contributed by atoms with Crippen molar-refractivity contribution in [2.75, 3.05) is 14.2 Å². The van der Waals surface area contributed by atoms with Crippen LogP contribution in [0.1, 0.15) is 31.7 Å². The van der Waals surface area contributed by atoms with Gasteiger partial charge in [0, 0.05) is 6.07 Å². The van der Waals surface area contributed by atoms with E-state index >= 15 is 0 Å². The van der Waals surface area contributed by atoms with Crippen LogP contribution in [0, 0.1) is 0 Å². The summed E-state index contributed by atoms with van der Waals surface area (Å²) in [7, 11) is 3.32. The van der Waals surface area contributed by atoms with Crippen LogP contribution in [0.5, 0.6) is 11.5 Å². The first kappa shape index (κ1) is 14.2. The van der Waals surface area contributed by atoms with Crippen LogP contribution in [-0.2, 0) is 6.42 Å². The fraction of sp³-hybridized carbons (Fsp3) is 0.538. The molecule has 96 valence electrons. The van der Waals surface area contributed by atoms with Crippen LogP contribution in [0.4, 0.5) is 0 Å². The molecule has 4 heteroatoms. The van der Waals surface area contributed by atoms with Crippen LogP contribution < -0.4 is 14.6 Å². The van der Waals surface area contributed by atoms with E-state index < -0.39 is 0 Å². The molecule has 0 radical (unpaired) electrons. The van der Waals surface area contributed by atoms with Gasteiger partial charge in [0.1, 0.15) is 11.5 Å². The van der Waals surface area contributed by atoms with Gasteiger partial charge >= 0.3 is 0 Å². The van der Waals surface area contributed by atoms with E-state index in [4.69, 9.17) is 14.6 Å². The molecule has 0 saturated heterocycles. The average Bonchev–Trinajstić information content (AvgIpc) is 2.37. The van der Waals surface area contributed by atoms with Crippen LogP contribution in [0.3, 0.4) is 0 Å². The van der Waals surface area contributed by atoms with Crippen molar-refractivity contribution >= 4 is 11.9 Å². The van der Waals surface area contributed by atoms with Crippen LogP contribution in [-0.4, -0.2) is 14.2 Å². The summed E-state index contributed by atoms with van der Waals surface area (Å²) in [6.45, 7) is 2.20. The molecule has 0 aliphatic carbocycles. The molecule has 1 rings (SSSR count). The number of methoxy groups -OCH3 is 2. The Balaban J connectivity index is 2.97. The summed E-state index contributed by atoms with van der Waals surface area (Å²) in [6.07, 6.45) is 4.63. The van der Waals surface area contributed by atoms with E-state index in [1.807, 2.05) is 12.1 Å². The molecule has 0 amide bonds. The van der Waals surface area contributed by atoms with Crippen molar-refractivity contribution in [3.05, 3.63) is 17.7 Å². The maximum atomic E-state index is 5.72. The van der Waals surface area contributed by atoms with Gasteiger partial charge in [-0.1, -0.05) is 19.8 Å². The van der Waals surface area contributed by atoms with E-state index in [2.05, 4.69) is 6.92 Å². The predicted molar refractivity (Wildman–Crippen MR) is 72.8 cm³/mol. The number of hydrogen-bond donors (Lipinski definition) is 1. The summed E-state index contributed by atoms with van der Waals surface area (Å²) in [5, 5.41) is 5.72. The van der Waals surface area contributed by atoms with Crippen molar-refractivity contribution in [1.29, 1.82) is 0 Å². The van der Waals surface area contributed by atoms with Gasteiger partial charge in [-0.2, -0.15) is 0 Å². The Morgan fingerprint density at radius 1 is 1.18 bits per heavy atom. The van der Waals surface area contributed by atoms with E-state index in [-0.39, 0.29) is 0 Å². The number of benzene rings is 1. The molecule has 0 aliphatic heterocycles. The summed E-state index contributed by atoms with van der Waals surface area (Å²) >= 11 is 1.24. The number of hydrogen-bond acceptors (Lipinski definition) is 4. The topological polar surface area (TPSA) is 44.5 Å². The summed E-state index contributed by atoms with van der Waals surface area (Å²) in [5.74, 6) is 1.62. The number of ether oxygens (including phenoxy) is 2. The normalized spacial score (nSPS) is 10.4. The molecule has 0 unspecified atom stereocenters. The summed E-state index contributed by atoms with van der Waals surface area (Å²) < 4.78 is 10.6. The van der Waals surface area contributed by atoms with Gasteiger partial charge in [0.15, 0.2) is 0 Å². The van der Waals surface area contributed by atoms with Crippen molar-refractivity contribution in [1.82, 2.24) is 0 Å². The first-order valence-electron chi connectivity index (χ1n) is 5.88. The Morgan fingerprint density at radius 2 is 1.94 bits per heavy atom. The molecule has 17 heavy (non-hydrogen) atoms. The van der Waals surface area contributed by atoms with Gasteiger partial charge in [-0.25, -0.2) is 0 Å². The van der Waals surface area contributed by atoms with Crippen molar-refractivity contribution in [2.45, 2.75) is 37.5 Å². The van der Waals surface area contributed by atoms with Gasteiger partial charge in [-0.3, -0.25) is 5.14 Å². The Labute approximate surface area is 108 Å². The van der Waals surface area contributed by atoms with Gasteiger partial charge in [0.2, 0.25) is 0 Å². The van der Waals surface area contributed by atoms with Crippen molar-refractivity contribution in [3.8, 4) is 11.5 Å². The highest BCUT2D eigenvalue weighted by Crippen LogP contribution is 2.35. The highest BCUT2D eigenvalue weighted by molar-refractivity contribution is 7.97. The summed E-state index contributed by atoms with van der Waals surface area (Å²) in [5.41, 5.74) is 1.21. The molecule has 3 nitrogen and oxygen atoms in total. The van der Waals surface area contributed by atoms with E-state index in [0.717, 1.165) is 22.8 Å². The Bertz CT molecular complexity index is 356. The standard InChI is InChI=1S/C13H21NO2S/c1-4-5-6-7-10-8-11(15-2)9-12(16-3)13(10)17-14/h8-9H,4-7,14H2,1-3H3. The number of rotatable bonds is 7. The van der Waals surface area contributed by atoms with Gasteiger partial charge in [0.05, 0.1) is 19.1 Å². The molecule has 2 N–H and O–H groups in total. The van der Waals surface area contributed by atoms with Crippen LogP contribution >= 0.6 is 11.9 Å². The molecule has 0 aromatic heterocycles. The minimum atomic E-state index is 0.795.